The van der Waals surface area contributed by atoms with E-state index >= 15 is 0 Å². The van der Waals surface area contributed by atoms with Crippen LogP contribution in [0.4, 0.5) is 0 Å². The lowest BCUT2D eigenvalue weighted by atomic mass is 10.3. The van der Waals surface area contributed by atoms with Gasteiger partial charge in [0, 0.05) is 0 Å². The van der Waals surface area contributed by atoms with E-state index < -0.39 is 10.0 Å². The molecule has 2 N–H and O–H groups in total. The van der Waals surface area contributed by atoms with Crippen LogP contribution in [0.5, 0.6) is 0 Å². The zero-order valence-electron chi connectivity index (χ0n) is 11.8. The number of aromatic nitrogens is 2. The standard InChI is InChI=1S/C15H14N4O2S/c1-11(15-16-13-9-5-6-10-14(13)17-15)18-19-22(20,21)12-7-3-2-4-8-12/h2-10,19H,1H3,(H,16,17)/b18-11+. The van der Waals surface area contributed by atoms with E-state index in [1.807, 2.05) is 24.3 Å². The molecule has 0 aliphatic carbocycles. The molecule has 7 heteroatoms. The van der Waals surface area contributed by atoms with Crippen molar-refractivity contribution in [2.75, 3.05) is 0 Å². The third kappa shape index (κ3) is 2.84. The average molecular weight is 314 g/mol. The van der Waals surface area contributed by atoms with Crippen LogP contribution in [-0.4, -0.2) is 24.1 Å². The second-order valence-electron chi connectivity index (χ2n) is 4.71. The minimum atomic E-state index is -3.67. The van der Waals surface area contributed by atoms with Crippen molar-refractivity contribution in [2.24, 2.45) is 5.10 Å². The molecule has 0 saturated carbocycles. The van der Waals surface area contributed by atoms with Gasteiger partial charge in [0.2, 0.25) is 0 Å². The summed E-state index contributed by atoms with van der Waals surface area (Å²) < 4.78 is 24.2. The van der Waals surface area contributed by atoms with Gasteiger partial charge in [-0.15, -0.1) is 0 Å². The van der Waals surface area contributed by atoms with Crippen molar-refractivity contribution < 1.29 is 8.42 Å². The molecule has 0 atom stereocenters. The number of nitrogens with zero attached hydrogens (tertiary/aromatic N) is 2. The number of hydrogen-bond acceptors (Lipinski definition) is 4. The van der Waals surface area contributed by atoms with Crippen molar-refractivity contribution >= 4 is 26.8 Å². The maximum atomic E-state index is 12.1. The average Bonchev–Trinajstić information content (AvgIpc) is 2.98. The minimum Gasteiger partial charge on any atom is -0.337 e. The van der Waals surface area contributed by atoms with Crippen molar-refractivity contribution in [1.29, 1.82) is 0 Å². The fourth-order valence-electron chi connectivity index (χ4n) is 1.96. The molecule has 112 valence electrons. The summed E-state index contributed by atoms with van der Waals surface area (Å²) in [6, 6.07) is 15.6. The van der Waals surface area contributed by atoms with Gasteiger partial charge in [0.15, 0.2) is 5.82 Å². The van der Waals surface area contributed by atoms with E-state index in [2.05, 4.69) is 19.9 Å². The zero-order chi connectivity index (χ0) is 15.6. The lowest BCUT2D eigenvalue weighted by Crippen LogP contribution is -2.20. The van der Waals surface area contributed by atoms with Crippen molar-refractivity contribution in [1.82, 2.24) is 14.8 Å². The number of hydrogen-bond donors (Lipinski definition) is 2. The van der Waals surface area contributed by atoms with Crippen LogP contribution in [0.3, 0.4) is 0 Å². The number of rotatable bonds is 4. The topological polar surface area (TPSA) is 87.2 Å². The molecule has 3 rings (SSSR count). The first-order valence-electron chi connectivity index (χ1n) is 6.62. The second-order valence-corrected chi connectivity index (χ2v) is 6.37. The highest BCUT2D eigenvalue weighted by Crippen LogP contribution is 2.11. The van der Waals surface area contributed by atoms with E-state index in [0.717, 1.165) is 11.0 Å². The summed E-state index contributed by atoms with van der Waals surface area (Å²) >= 11 is 0. The number of aromatic amines is 1. The zero-order valence-corrected chi connectivity index (χ0v) is 12.6. The monoisotopic (exact) mass is 314 g/mol. The number of H-pyrrole nitrogens is 1. The van der Waals surface area contributed by atoms with Crippen molar-refractivity contribution in [3.8, 4) is 0 Å². The van der Waals surface area contributed by atoms with Gasteiger partial charge in [-0.2, -0.15) is 18.4 Å². The quantitative estimate of drug-likeness (QED) is 0.572. The Morgan fingerprint density at radius 2 is 1.77 bits per heavy atom. The molecule has 3 aromatic rings. The third-order valence-corrected chi connectivity index (χ3v) is 4.34. The fourth-order valence-corrected chi connectivity index (χ4v) is 2.84. The van der Waals surface area contributed by atoms with Gasteiger partial charge >= 0.3 is 0 Å². The summed E-state index contributed by atoms with van der Waals surface area (Å²) in [5, 5.41) is 3.92. The summed E-state index contributed by atoms with van der Waals surface area (Å²) in [6.07, 6.45) is 0. The number of nitrogens with one attached hydrogen (secondary N) is 2. The molecule has 0 fully saturated rings. The molecule has 0 saturated heterocycles. The van der Waals surface area contributed by atoms with Gasteiger partial charge in [-0.05, 0) is 31.2 Å². The maximum Gasteiger partial charge on any atom is 0.276 e. The number of hydrazone groups is 1. The van der Waals surface area contributed by atoms with Crippen LogP contribution in [0, 0.1) is 0 Å². The highest BCUT2D eigenvalue weighted by Gasteiger charge is 2.12. The molecule has 0 unspecified atom stereocenters. The first-order valence-corrected chi connectivity index (χ1v) is 8.11. The second kappa shape index (κ2) is 5.61. The number of benzene rings is 2. The van der Waals surface area contributed by atoms with E-state index in [1.54, 1.807) is 25.1 Å². The molecule has 0 aliphatic rings. The summed E-state index contributed by atoms with van der Waals surface area (Å²) in [6.45, 7) is 1.69. The minimum absolute atomic E-state index is 0.163. The van der Waals surface area contributed by atoms with Crippen LogP contribution in [0.2, 0.25) is 0 Å². The lowest BCUT2D eigenvalue weighted by molar-refractivity contribution is 0.584. The molecule has 0 radical (unpaired) electrons. The molecule has 1 heterocycles. The van der Waals surface area contributed by atoms with E-state index in [0.29, 0.717) is 11.5 Å². The normalized spacial score (nSPS) is 12.5. The maximum absolute atomic E-state index is 12.1. The molecule has 0 bridgehead atoms. The highest BCUT2D eigenvalue weighted by molar-refractivity contribution is 7.89. The van der Waals surface area contributed by atoms with Gasteiger partial charge in [0.25, 0.3) is 10.0 Å². The molecule has 0 spiro atoms. The summed E-state index contributed by atoms with van der Waals surface area (Å²) in [5.74, 6) is 0.525. The van der Waals surface area contributed by atoms with Crippen LogP contribution >= 0.6 is 0 Å². The van der Waals surface area contributed by atoms with Gasteiger partial charge in [0.1, 0.15) is 5.71 Å². The Bertz CT molecular complexity index is 897. The predicted octanol–water partition coefficient (Wildman–Crippen LogP) is 2.27. The molecular weight excluding hydrogens is 300 g/mol. The molecule has 22 heavy (non-hydrogen) atoms. The number of fused-ring (bicyclic) bond motifs is 1. The molecule has 0 amide bonds. The van der Waals surface area contributed by atoms with E-state index in [9.17, 15) is 8.42 Å². The van der Waals surface area contributed by atoms with Gasteiger partial charge in [-0.1, -0.05) is 30.3 Å². The Morgan fingerprint density at radius 1 is 1.09 bits per heavy atom. The van der Waals surface area contributed by atoms with E-state index in [-0.39, 0.29) is 4.90 Å². The first kappa shape index (κ1) is 14.3. The SMILES string of the molecule is C/C(=N\NS(=O)(=O)c1ccccc1)c1nc2ccccc2[nH]1. The number of sulfonamides is 1. The third-order valence-electron chi connectivity index (χ3n) is 3.12. The van der Waals surface area contributed by atoms with Crippen LogP contribution in [0.25, 0.3) is 11.0 Å². The van der Waals surface area contributed by atoms with Gasteiger partial charge in [-0.3, -0.25) is 0 Å². The van der Waals surface area contributed by atoms with Crippen molar-refractivity contribution in [3.05, 3.63) is 60.4 Å². The van der Waals surface area contributed by atoms with Crippen molar-refractivity contribution in [3.63, 3.8) is 0 Å². The van der Waals surface area contributed by atoms with Gasteiger partial charge in [0.05, 0.1) is 15.9 Å². The fraction of sp³-hybridized carbons (Fsp3) is 0.0667. The summed E-state index contributed by atoms with van der Waals surface area (Å²) in [4.78, 5) is 9.84. The van der Waals surface area contributed by atoms with Gasteiger partial charge in [-0.25, -0.2) is 4.98 Å². The van der Waals surface area contributed by atoms with Gasteiger partial charge < -0.3 is 4.98 Å². The molecule has 2 aromatic carbocycles. The van der Waals surface area contributed by atoms with Crippen LogP contribution < -0.4 is 4.83 Å². The Labute approximate surface area is 128 Å². The molecular formula is C15H14N4O2S. The largest absolute Gasteiger partial charge is 0.337 e. The highest BCUT2D eigenvalue weighted by atomic mass is 32.2. The van der Waals surface area contributed by atoms with E-state index in [1.165, 1.54) is 12.1 Å². The molecule has 6 nitrogen and oxygen atoms in total. The Hall–Kier alpha value is -2.67. The molecule has 1 aromatic heterocycles. The lowest BCUT2D eigenvalue weighted by Gasteiger charge is -2.03. The number of para-hydroxylation sites is 2. The Morgan fingerprint density at radius 3 is 2.50 bits per heavy atom. The summed E-state index contributed by atoms with van der Waals surface area (Å²) in [5.41, 5.74) is 2.13. The van der Waals surface area contributed by atoms with Crippen LogP contribution in [-0.2, 0) is 10.0 Å². The Kier molecular flexibility index (Phi) is 3.64. The van der Waals surface area contributed by atoms with Crippen LogP contribution in [0.1, 0.15) is 12.7 Å². The summed E-state index contributed by atoms with van der Waals surface area (Å²) in [7, 11) is -3.67. The first-order chi connectivity index (χ1) is 10.6. The molecule has 0 aliphatic heterocycles. The smallest absolute Gasteiger partial charge is 0.276 e. The van der Waals surface area contributed by atoms with Crippen molar-refractivity contribution in [2.45, 2.75) is 11.8 Å². The number of imidazole rings is 1. The Balaban J connectivity index is 1.86. The predicted molar refractivity (Wildman–Crippen MR) is 85.1 cm³/mol. The van der Waals surface area contributed by atoms with Crippen LogP contribution in [0.15, 0.2) is 64.6 Å². The van der Waals surface area contributed by atoms with E-state index in [4.69, 9.17) is 0 Å².